The number of benzene rings is 1. The second-order valence-electron chi connectivity index (χ2n) is 5.57. The highest BCUT2D eigenvalue weighted by molar-refractivity contribution is 6.49. The molecule has 19 heavy (non-hydrogen) atoms. The normalized spacial score (nSPS) is 22.3. The molecule has 0 spiro atoms. The Morgan fingerprint density at radius 1 is 1.42 bits per heavy atom. The van der Waals surface area contributed by atoms with Crippen LogP contribution in [-0.4, -0.2) is 22.2 Å². The largest absolute Gasteiger partial charge is 0.458 e. The number of ketones is 1. The first kappa shape index (κ1) is 14.0. The van der Waals surface area contributed by atoms with E-state index < -0.39 is 28.0 Å². The molecule has 1 aromatic carbocycles. The molecule has 1 aromatic rings. The maximum absolute atomic E-state index is 13.6. The number of Topliss-reactive ketones (excluding diaryl/α,β-unsaturated/α-hetero) is 1. The van der Waals surface area contributed by atoms with E-state index in [-0.39, 0.29) is 17.5 Å². The smallest absolute Gasteiger partial charge is 0.336 e. The number of carbonyl (C=O) groups is 2. The Kier molecular flexibility index (Phi) is 3.17. The molecule has 0 aromatic heterocycles. The summed E-state index contributed by atoms with van der Waals surface area (Å²) in [6.45, 7) is 5.04. The van der Waals surface area contributed by atoms with Gasteiger partial charge in [-0.15, -0.1) is 0 Å². The predicted molar refractivity (Wildman–Crippen MR) is 68.9 cm³/mol. The molecule has 0 saturated carbocycles. The van der Waals surface area contributed by atoms with Crippen molar-refractivity contribution in [2.45, 2.75) is 37.7 Å². The van der Waals surface area contributed by atoms with Gasteiger partial charge in [-0.25, -0.2) is 9.18 Å². The molecule has 0 fully saturated rings. The van der Waals surface area contributed by atoms with Gasteiger partial charge in [-0.3, -0.25) is 4.79 Å². The minimum Gasteiger partial charge on any atom is -0.458 e. The zero-order chi connectivity index (χ0) is 14.4. The number of carbonyl (C=O) groups excluding carboxylic acids is 2. The fraction of sp³-hybridized carbons (Fsp3) is 0.429. The zero-order valence-corrected chi connectivity index (χ0v) is 11.7. The highest BCUT2D eigenvalue weighted by Crippen LogP contribution is 2.38. The van der Waals surface area contributed by atoms with Crippen molar-refractivity contribution in [3.05, 3.63) is 35.1 Å². The van der Waals surface area contributed by atoms with Gasteiger partial charge in [-0.05, 0) is 26.8 Å². The van der Waals surface area contributed by atoms with Gasteiger partial charge in [0.1, 0.15) is 11.4 Å². The standard InChI is InChI=1S/C14H14ClFO3/c1-13(2,3)19-12(18)14(15)7-9-8(11(14)17)5-4-6-10(9)16/h4-6H,7H2,1-3H3/t14-/m1/s1. The van der Waals surface area contributed by atoms with Crippen LogP contribution in [0, 0.1) is 5.82 Å². The molecule has 0 heterocycles. The summed E-state index contributed by atoms with van der Waals surface area (Å²) in [4.78, 5) is 22.4. The summed E-state index contributed by atoms with van der Waals surface area (Å²) in [5, 5.41) is 0. The van der Waals surface area contributed by atoms with Crippen molar-refractivity contribution in [2.24, 2.45) is 0 Å². The van der Waals surface area contributed by atoms with Crippen LogP contribution in [0.15, 0.2) is 18.2 Å². The third-order valence-electron chi connectivity index (χ3n) is 2.87. The summed E-state index contributed by atoms with van der Waals surface area (Å²) in [6, 6.07) is 4.13. The van der Waals surface area contributed by atoms with E-state index in [0.29, 0.717) is 0 Å². The minimum atomic E-state index is -1.85. The fourth-order valence-corrected chi connectivity index (χ4v) is 2.29. The van der Waals surface area contributed by atoms with Gasteiger partial charge in [-0.1, -0.05) is 23.7 Å². The lowest BCUT2D eigenvalue weighted by atomic mass is 10.0. The number of hydrogen-bond acceptors (Lipinski definition) is 3. The van der Waals surface area contributed by atoms with Gasteiger partial charge < -0.3 is 4.74 Å². The number of esters is 1. The lowest BCUT2D eigenvalue weighted by molar-refractivity contribution is -0.156. The molecule has 1 atom stereocenters. The summed E-state index contributed by atoms with van der Waals surface area (Å²) in [7, 11) is 0. The van der Waals surface area contributed by atoms with Crippen LogP contribution >= 0.6 is 11.6 Å². The third kappa shape index (κ3) is 2.37. The van der Waals surface area contributed by atoms with Crippen LogP contribution in [0.4, 0.5) is 4.39 Å². The first-order chi connectivity index (χ1) is 8.65. The van der Waals surface area contributed by atoms with Crippen LogP contribution < -0.4 is 0 Å². The number of ether oxygens (including phenoxy) is 1. The minimum absolute atomic E-state index is 0.154. The third-order valence-corrected chi connectivity index (χ3v) is 3.33. The summed E-state index contributed by atoms with van der Waals surface area (Å²) < 4.78 is 18.8. The highest BCUT2D eigenvalue weighted by Gasteiger charge is 2.53. The second-order valence-corrected chi connectivity index (χ2v) is 6.22. The molecule has 1 aliphatic rings. The fourth-order valence-electron chi connectivity index (χ4n) is 2.01. The average Bonchev–Trinajstić information content (AvgIpc) is 2.53. The molecule has 0 aliphatic heterocycles. The summed E-state index contributed by atoms with van der Waals surface area (Å²) in [6.07, 6.45) is -0.176. The molecule has 102 valence electrons. The molecule has 0 radical (unpaired) electrons. The van der Waals surface area contributed by atoms with E-state index in [1.165, 1.54) is 18.2 Å². The second kappa shape index (κ2) is 4.30. The maximum Gasteiger partial charge on any atom is 0.336 e. The number of fused-ring (bicyclic) bond motifs is 1. The van der Waals surface area contributed by atoms with Crippen molar-refractivity contribution in [1.82, 2.24) is 0 Å². The van der Waals surface area contributed by atoms with Crippen LogP contribution in [0.25, 0.3) is 0 Å². The molecular formula is C14H14ClFO3. The van der Waals surface area contributed by atoms with Crippen LogP contribution in [0.2, 0.25) is 0 Å². The molecule has 0 saturated heterocycles. The lowest BCUT2D eigenvalue weighted by Gasteiger charge is -2.25. The first-order valence-electron chi connectivity index (χ1n) is 5.90. The number of halogens is 2. The maximum atomic E-state index is 13.6. The number of hydrogen-bond donors (Lipinski definition) is 0. The number of alkyl halides is 1. The van der Waals surface area contributed by atoms with E-state index >= 15 is 0 Å². The van der Waals surface area contributed by atoms with Gasteiger partial charge in [0, 0.05) is 17.5 Å². The van der Waals surface area contributed by atoms with Gasteiger partial charge in [0.2, 0.25) is 4.87 Å². The molecule has 3 nitrogen and oxygen atoms in total. The number of rotatable bonds is 1. The van der Waals surface area contributed by atoms with E-state index in [1.54, 1.807) is 20.8 Å². The van der Waals surface area contributed by atoms with Crippen molar-refractivity contribution < 1.29 is 18.7 Å². The molecule has 0 bridgehead atoms. The van der Waals surface area contributed by atoms with E-state index in [9.17, 15) is 14.0 Å². The Morgan fingerprint density at radius 3 is 2.58 bits per heavy atom. The highest BCUT2D eigenvalue weighted by atomic mass is 35.5. The summed E-state index contributed by atoms with van der Waals surface area (Å²) in [5.74, 6) is -1.96. The average molecular weight is 285 g/mol. The monoisotopic (exact) mass is 284 g/mol. The molecule has 0 N–H and O–H groups in total. The Bertz CT molecular complexity index is 562. The van der Waals surface area contributed by atoms with Crippen LogP contribution in [-0.2, 0) is 16.0 Å². The molecular weight excluding hydrogens is 271 g/mol. The Hall–Kier alpha value is -1.42. The predicted octanol–water partition coefficient (Wildman–Crippen LogP) is 2.88. The quantitative estimate of drug-likeness (QED) is 0.452. The topological polar surface area (TPSA) is 43.4 Å². The molecule has 2 rings (SSSR count). The van der Waals surface area contributed by atoms with Gasteiger partial charge in [0.25, 0.3) is 0 Å². The Labute approximate surface area is 115 Å². The van der Waals surface area contributed by atoms with E-state index in [4.69, 9.17) is 16.3 Å². The van der Waals surface area contributed by atoms with Crippen molar-refractivity contribution >= 4 is 23.4 Å². The zero-order valence-electron chi connectivity index (χ0n) is 10.9. The van der Waals surface area contributed by atoms with Crippen molar-refractivity contribution in [2.75, 3.05) is 0 Å². The molecule has 0 unspecified atom stereocenters. The lowest BCUT2D eigenvalue weighted by Crippen LogP contribution is -2.43. The summed E-state index contributed by atoms with van der Waals surface area (Å²) >= 11 is 6.12. The SMILES string of the molecule is CC(C)(C)OC(=O)[C@@]1(Cl)Cc2c(F)cccc2C1=O. The van der Waals surface area contributed by atoms with Crippen LogP contribution in [0.3, 0.4) is 0 Å². The Balaban J connectivity index is 2.37. The Morgan fingerprint density at radius 2 is 2.05 bits per heavy atom. The van der Waals surface area contributed by atoms with Gasteiger partial charge in [0.15, 0.2) is 5.78 Å². The van der Waals surface area contributed by atoms with Crippen molar-refractivity contribution in [1.29, 1.82) is 0 Å². The van der Waals surface area contributed by atoms with E-state index in [1.807, 2.05) is 0 Å². The van der Waals surface area contributed by atoms with Crippen LogP contribution in [0.5, 0.6) is 0 Å². The van der Waals surface area contributed by atoms with E-state index in [2.05, 4.69) is 0 Å². The molecule has 0 amide bonds. The first-order valence-corrected chi connectivity index (χ1v) is 6.27. The molecule has 5 heteroatoms. The van der Waals surface area contributed by atoms with Crippen molar-refractivity contribution in [3.8, 4) is 0 Å². The summed E-state index contributed by atoms with van der Waals surface area (Å²) in [5.41, 5.74) is -0.429. The van der Waals surface area contributed by atoms with Gasteiger partial charge in [-0.2, -0.15) is 0 Å². The van der Waals surface area contributed by atoms with Crippen molar-refractivity contribution in [3.63, 3.8) is 0 Å². The molecule has 1 aliphatic carbocycles. The van der Waals surface area contributed by atoms with Gasteiger partial charge >= 0.3 is 5.97 Å². The van der Waals surface area contributed by atoms with Crippen LogP contribution in [0.1, 0.15) is 36.7 Å². The van der Waals surface area contributed by atoms with E-state index in [0.717, 1.165) is 0 Å². The van der Waals surface area contributed by atoms with Gasteiger partial charge in [0.05, 0.1) is 0 Å².